The van der Waals surface area contributed by atoms with E-state index < -0.39 is 15.8 Å². The van der Waals surface area contributed by atoms with Crippen molar-refractivity contribution in [2.24, 2.45) is 0 Å². The molecule has 0 spiro atoms. The number of nitrogen functional groups attached to an aromatic ring is 1. The lowest BCUT2D eigenvalue weighted by molar-refractivity contribution is 0.600. The summed E-state index contributed by atoms with van der Waals surface area (Å²) in [5, 5.41) is 0. The van der Waals surface area contributed by atoms with Gasteiger partial charge in [0, 0.05) is 4.47 Å². The second kappa shape index (κ2) is 5.37. The number of hydrogen-bond donors (Lipinski definition) is 2. The first-order valence-electron chi connectivity index (χ1n) is 5.50. The van der Waals surface area contributed by atoms with E-state index in [1.165, 1.54) is 6.07 Å². The van der Waals surface area contributed by atoms with Gasteiger partial charge in [0.15, 0.2) is 0 Å². The number of nitrogens with one attached hydrogen (secondary N) is 1. The summed E-state index contributed by atoms with van der Waals surface area (Å²) in [5.41, 5.74) is 5.78. The van der Waals surface area contributed by atoms with E-state index in [9.17, 15) is 12.8 Å². The summed E-state index contributed by atoms with van der Waals surface area (Å²) in [6.45, 7) is 1.73. The number of nitrogens with zero attached hydrogens (tertiary/aromatic N) is 1. The van der Waals surface area contributed by atoms with Crippen LogP contribution in [-0.2, 0) is 10.0 Å². The first-order valence-corrected chi connectivity index (χ1v) is 7.78. The SMILES string of the molecule is Cc1nc(NS(=O)(=O)c2ccc(F)c(N)c2)ccc1Br. The Hall–Kier alpha value is -1.67. The number of benzene rings is 1. The normalized spacial score (nSPS) is 11.3. The van der Waals surface area contributed by atoms with Crippen molar-refractivity contribution in [2.45, 2.75) is 11.8 Å². The van der Waals surface area contributed by atoms with E-state index >= 15 is 0 Å². The fourth-order valence-corrected chi connectivity index (χ4v) is 2.74. The molecule has 8 heteroatoms. The van der Waals surface area contributed by atoms with Gasteiger partial charge in [0.25, 0.3) is 10.0 Å². The zero-order valence-corrected chi connectivity index (χ0v) is 12.8. The third kappa shape index (κ3) is 3.07. The van der Waals surface area contributed by atoms with E-state index in [0.29, 0.717) is 5.69 Å². The molecule has 0 aliphatic heterocycles. The van der Waals surface area contributed by atoms with Gasteiger partial charge in [0.2, 0.25) is 0 Å². The van der Waals surface area contributed by atoms with Crippen molar-refractivity contribution in [1.29, 1.82) is 0 Å². The predicted molar refractivity (Wildman–Crippen MR) is 78.3 cm³/mol. The molecule has 2 aromatic rings. The number of aryl methyl sites for hydroxylation is 1. The Morgan fingerprint density at radius 1 is 1.30 bits per heavy atom. The van der Waals surface area contributed by atoms with Crippen molar-refractivity contribution in [1.82, 2.24) is 4.98 Å². The largest absolute Gasteiger partial charge is 0.396 e. The van der Waals surface area contributed by atoms with Gasteiger partial charge < -0.3 is 5.73 Å². The first-order chi connectivity index (χ1) is 9.29. The lowest BCUT2D eigenvalue weighted by atomic mass is 10.3. The van der Waals surface area contributed by atoms with Crippen molar-refractivity contribution >= 4 is 37.5 Å². The minimum absolute atomic E-state index is 0.126. The maximum absolute atomic E-state index is 13.1. The molecule has 0 bridgehead atoms. The molecule has 1 aromatic carbocycles. The fourth-order valence-electron chi connectivity index (χ4n) is 1.49. The number of aromatic nitrogens is 1. The molecule has 1 aromatic heterocycles. The Morgan fingerprint density at radius 3 is 2.60 bits per heavy atom. The van der Waals surface area contributed by atoms with Gasteiger partial charge in [-0.15, -0.1) is 0 Å². The predicted octanol–water partition coefficient (Wildman–Crippen LogP) is 2.67. The molecule has 0 atom stereocenters. The van der Waals surface area contributed by atoms with Crippen molar-refractivity contribution in [3.63, 3.8) is 0 Å². The summed E-state index contributed by atoms with van der Waals surface area (Å²) < 4.78 is 40.4. The van der Waals surface area contributed by atoms with Crippen LogP contribution < -0.4 is 10.5 Å². The minimum Gasteiger partial charge on any atom is -0.396 e. The Bertz CT molecular complexity index is 765. The monoisotopic (exact) mass is 359 g/mol. The first kappa shape index (κ1) is 14.7. The van der Waals surface area contributed by atoms with Crippen molar-refractivity contribution in [2.75, 3.05) is 10.5 Å². The molecule has 0 saturated heterocycles. The molecule has 0 amide bonds. The lowest BCUT2D eigenvalue weighted by Crippen LogP contribution is -2.14. The van der Waals surface area contributed by atoms with Gasteiger partial charge in [0.1, 0.15) is 11.6 Å². The van der Waals surface area contributed by atoms with E-state index in [-0.39, 0.29) is 16.4 Å². The molecule has 1 heterocycles. The number of sulfonamides is 1. The number of nitrogens with two attached hydrogens (primary N) is 1. The van der Waals surface area contributed by atoms with Crippen LogP contribution in [0.1, 0.15) is 5.69 Å². The quantitative estimate of drug-likeness (QED) is 0.825. The topological polar surface area (TPSA) is 85.1 Å². The second-order valence-electron chi connectivity index (χ2n) is 4.05. The molecule has 0 saturated carbocycles. The molecule has 20 heavy (non-hydrogen) atoms. The number of anilines is 2. The van der Waals surface area contributed by atoms with Gasteiger partial charge in [-0.05, 0) is 53.2 Å². The Morgan fingerprint density at radius 2 is 2.00 bits per heavy atom. The van der Waals surface area contributed by atoms with Crippen LogP contribution in [0.15, 0.2) is 39.7 Å². The maximum atomic E-state index is 13.1. The Balaban J connectivity index is 2.35. The van der Waals surface area contributed by atoms with Crippen LogP contribution in [-0.4, -0.2) is 13.4 Å². The zero-order valence-electron chi connectivity index (χ0n) is 10.4. The summed E-state index contributed by atoms with van der Waals surface area (Å²) >= 11 is 3.27. The van der Waals surface area contributed by atoms with Gasteiger partial charge in [-0.1, -0.05) is 0 Å². The summed E-state index contributed by atoms with van der Waals surface area (Å²) in [6.07, 6.45) is 0. The van der Waals surface area contributed by atoms with Gasteiger partial charge in [-0.2, -0.15) is 0 Å². The molecule has 0 aliphatic carbocycles. The highest BCUT2D eigenvalue weighted by molar-refractivity contribution is 9.10. The molecule has 0 fully saturated rings. The smallest absolute Gasteiger partial charge is 0.263 e. The van der Waals surface area contributed by atoms with Crippen molar-refractivity contribution in [3.8, 4) is 0 Å². The van der Waals surface area contributed by atoms with E-state index in [2.05, 4.69) is 25.6 Å². The van der Waals surface area contributed by atoms with Crippen LogP contribution in [0.3, 0.4) is 0 Å². The van der Waals surface area contributed by atoms with Crippen LogP contribution in [0.25, 0.3) is 0 Å². The molecular formula is C12H11BrFN3O2S. The van der Waals surface area contributed by atoms with Crippen molar-refractivity contribution < 1.29 is 12.8 Å². The number of halogens is 2. The van der Waals surface area contributed by atoms with Crippen LogP contribution in [0.5, 0.6) is 0 Å². The van der Waals surface area contributed by atoms with E-state index in [4.69, 9.17) is 5.73 Å². The van der Waals surface area contributed by atoms with Gasteiger partial charge in [-0.3, -0.25) is 4.72 Å². The fraction of sp³-hybridized carbons (Fsp3) is 0.0833. The van der Waals surface area contributed by atoms with Gasteiger partial charge >= 0.3 is 0 Å². The van der Waals surface area contributed by atoms with E-state index in [0.717, 1.165) is 22.7 Å². The third-order valence-electron chi connectivity index (χ3n) is 2.54. The zero-order chi connectivity index (χ0) is 14.9. The molecule has 106 valence electrons. The average Bonchev–Trinajstić information content (AvgIpc) is 2.37. The Labute approximate surface area is 124 Å². The van der Waals surface area contributed by atoms with Crippen molar-refractivity contribution in [3.05, 3.63) is 46.3 Å². The molecule has 0 aliphatic rings. The number of rotatable bonds is 3. The lowest BCUT2D eigenvalue weighted by Gasteiger charge is -2.09. The van der Waals surface area contributed by atoms with Gasteiger partial charge in [0.05, 0.1) is 16.3 Å². The van der Waals surface area contributed by atoms with E-state index in [1.54, 1.807) is 13.0 Å². The molecular weight excluding hydrogens is 349 g/mol. The molecule has 2 rings (SSSR count). The number of pyridine rings is 1. The summed E-state index contributed by atoms with van der Waals surface area (Å²) in [7, 11) is -3.86. The highest BCUT2D eigenvalue weighted by atomic mass is 79.9. The highest BCUT2D eigenvalue weighted by Crippen LogP contribution is 2.21. The summed E-state index contributed by atoms with van der Waals surface area (Å²) in [4.78, 5) is 3.95. The summed E-state index contributed by atoms with van der Waals surface area (Å²) in [6, 6.07) is 6.40. The highest BCUT2D eigenvalue weighted by Gasteiger charge is 2.16. The molecule has 5 nitrogen and oxygen atoms in total. The van der Waals surface area contributed by atoms with E-state index in [1.807, 2.05) is 0 Å². The second-order valence-corrected chi connectivity index (χ2v) is 6.59. The molecule has 0 radical (unpaired) electrons. The maximum Gasteiger partial charge on any atom is 0.263 e. The van der Waals surface area contributed by atoms with Crippen LogP contribution in [0.4, 0.5) is 15.9 Å². The standard InChI is InChI=1S/C12H11BrFN3O2S/c1-7-9(13)3-5-12(16-7)17-20(18,19)8-2-4-10(14)11(15)6-8/h2-6H,15H2,1H3,(H,16,17). The van der Waals surface area contributed by atoms with Crippen LogP contribution in [0.2, 0.25) is 0 Å². The minimum atomic E-state index is -3.86. The number of hydrogen-bond acceptors (Lipinski definition) is 4. The average molecular weight is 360 g/mol. The van der Waals surface area contributed by atoms with Crippen LogP contribution in [0, 0.1) is 12.7 Å². The molecule has 3 N–H and O–H groups in total. The Kier molecular flexibility index (Phi) is 3.96. The van der Waals surface area contributed by atoms with Crippen LogP contribution >= 0.6 is 15.9 Å². The molecule has 0 unspecified atom stereocenters. The summed E-state index contributed by atoms with van der Waals surface area (Å²) in [5.74, 6) is -0.491. The third-order valence-corrected chi connectivity index (χ3v) is 4.73. The van der Waals surface area contributed by atoms with Gasteiger partial charge in [-0.25, -0.2) is 17.8 Å².